The Morgan fingerprint density at radius 2 is 2.14 bits per heavy atom. The number of nitrogens with zero attached hydrogens (tertiary/aromatic N) is 1. The molecular formula is C18H27N3S. The van der Waals surface area contributed by atoms with Crippen molar-refractivity contribution in [3.05, 3.63) is 35.9 Å². The summed E-state index contributed by atoms with van der Waals surface area (Å²) in [6.07, 6.45) is 3.99. The highest BCUT2D eigenvalue weighted by Gasteiger charge is 2.37. The van der Waals surface area contributed by atoms with Crippen LogP contribution in [0.15, 0.2) is 35.3 Å². The van der Waals surface area contributed by atoms with Crippen LogP contribution < -0.4 is 10.6 Å². The standard InChI is InChI=1S/C18H27N3S/c1-2-19-18(21-13-16-9-6-10-22-16)20-12-15-11-17(15)14-7-4-3-5-8-14/h3-5,7-8,15-17H,2,6,9-13H2,1H3,(H2,19,20,21). The van der Waals surface area contributed by atoms with Crippen LogP contribution in [0.2, 0.25) is 0 Å². The van der Waals surface area contributed by atoms with E-state index in [9.17, 15) is 0 Å². The molecule has 0 bridgehead atoms. The van der Waals surface area contributed by atoms with Crippen LogP contribution in [0.3, 0.4) is 0 Å². The zero-order chi connectivity index (χ0) is 15.2. The van der Waals surface area contributed by atoms with Crippen molar-refractivity contribution < 1.29 is 0 Å². The fourth-order valence-corrected chi connectivity index (χ4v) is 4.33. The van der Waals surface area contributed by atoms with Gasteiger partial charge in [0, 0.05) is 24.9 Å². The molecule has 120 valence electrons. The van der Waals surface area contributed by atoms with Crippen LogP contribution >= 0.6 is 11.8 Å². The number of benzene rings is 1. The molecule has 0 radical (unpaired) electrons. The molecule has 3 atom stereocenters. The summed E-state index contributed by atoms with van der Waals surface area (Å²) in [5.41, 5.74) is 1.48. The zero-order valence-corrected chi connectivity index (χ0v) is 14.2. The monoisotopic (exact) mass is 317 g/mol. The van der Waals surface area contributed by atoms with Gasteiger partial charge in [0.2, 0.25) is 0 Å². The fourth-order valence-electron chi connectivity index (χ4n) is 3.12. The van der Waals surface area contributed by atoms with Crippen molar-refractivity contribution in [2.75, 3.05) is 25.4 Å². The lowest BCUT2D eigenvalue weighted by molar-refractivity contribution is 0.720. The van der Waals surface area contributed by atoms with Crippen molar-refractivity contribution in [2.45, 2.75) is 37.4 Å². The lowest BCUT2D eigenvalue weighted by Crippen LogP contribution is -2.40. The van der Waals surface area contributed by atoms with E-state index < -0.39 is 0 Å². The van der Waals surface area contributed by atoms with Gasteiger partial charge >= 0.3 is 0 Å². The first-order valence-electron chi connectivity index (χ1n) is 8.55. The van der Waals surface area contributed by atoms with Crippen LogP contribution in [0.4, 0.5) is 0 Å². The van der Waals surface area contributed by atoms with E-state index in [1.807, 2.05) is 0 Å². The largest absolute Gasteiger partial charge is 0.357 e. The first kappa shape index (κ1) is 15.7. The van der Waals surface area contributed by atoms with Gasteiger partial charge in [-0.25, -0.2) is 0 Å². The average molecular weight is 318 g/mol. The van der Waals surface area contributed by atoms with Crippen LogP contribution in [-0.4, -0.2) is 36.6 Å². The highest BCUT2D eigenvalue weighted by Crippen LogP contribution is 2.47. The summed E-state index contributed by atoms with van der Waals surface area (Å²) in [4.78, 5) is 4.80. The molecule has 0 aromatic heterocycles. The summed E-state index contributed by atoms with van der Waals surface area (Å²) in [6, 6.07) is 10.9. The molecule has 1 aromatic carbocycles. The van der Waals surface area contributed by atoms with Gasteiger partial charge in [0.1, 0.15) is 0 Å². The van der Waals surface area contributed by atoms with Gasteiger partial charge < -0.3 is 10.6 Å². The van der Waals surface area contributed by atoms with Gasteiger partial charge in [-0.2, -0.15) is 11.8 Å². The van der Waals surface area contributed by atoms with Crippen LogP contribution in [-0.2, 0) is 0 Å². The van der Waals surface area contributed by atoms with E-state index in [0.29, 0.717) is 0 Å². The third-order valence-electron chi connectivity index (χ3n) is 4.50. The minimum Gasteiger partial charge on any atom is -0.357 e. The molecule has 2 fully saturated rings. The molecule has 0 spiro atoms. The number of hydrogen-bond donors (Lipinski definition) is 2. The summed E-state index contributed by atoms with van der Waals surface area (Å²) in [7, 11) is 0. The second-order valence-corrected chi connectivity index (χ2v) is 7.66. The molecule has 4 heteroatoms. The summed E-state index contributed by atoms with van der Waals surface area (Å²) < 4.78 is 0. The molecule has 0 amide bonds. The Morgan fingerprint density at radius 1 is 1.27 bits per heavy atom. The van der Waals surface area contributed by atoms with E-state index in [4.69, 9.17) is 4.99 Å². The summed E-state index contributed by atoms with van der Waals surface area (Å²) >= 11 is 2.09. The smallest absolute Gasteiger partial charge is 0.191 e. The molecule has 1 saturated heterocycles. The lowest BCUT2D eigenvalue weighted by Gasteiger charge is -2.14. The number of aliphatic imine (C=N–C) groups is 1. The number of rotatable bonds is 6. The predicted octanol–water partition coefficient (Wildman–Crippen LogP) is 3.24. The van der Waals surface area contributed by atoms with Gasteiger partial charge in [-0.05, 0) is 49.3 Å². The molecule has 1 saturated carbocycles. The Bertz CT molecular complexity index is 482. The van der Waals surface area contributed by atoms with E-state index in [1.54, 1.807) is 0 Å². The topological polar surface area (TPSA) is 36.4 Å². The van der Waals surface area contributed by atoms with E-state index in [1.165, 1.54) is 30.6 Å². The molecule has 22 heavy (non-hydrogen) atoms. The van der Waals surface area contributed by atoms with Gasteiger partial charge in [0.15, 0.2) is 5.96 Å². The molecule has 3 nitrogen and oxygen atoms in total. The Balaban J connectivity index is 1.46. The normalized spacial score (nSPS) is 27.7. The predicted molar refractivity (Wildman–Crippen MR) is 96.8 cm³/mol. The third kappa shape index (κ3) is 4.42. The Kier molecular flexibility index (Phi) is 5.65. The van der Waals surface area contributed by atoms with Gasteiger partial charge in [0.25, 0.3) is 0 Å². The molecule has 3 unspecified atom stereocenters. The first-order chi connectivity index (χ1) is 10.9. The third-order valence-corrected chi connectivity index (χ3v) is 5.90. The molecule has 1 aliphatic carbocycles. The lowest BCUT2D eigenvalue weighted by atomic mass is 10.1. The van der Waals surface area contributed by atoms with Crippen molar-refractivity contribution in [1.82, 2.24) is 10.6 Å². The first-order valence-corrected chi connectivity index (χ1v) is 9.60. The van der Waals surface area contributed by atoms with E-state index in [-0.39, 0.29) is 0 Å². The second-order valence-electron chi connectivity index (χ2n) is 6.25. The Hall–Kier alpha value is -1.16. The number of hydrogen-bond acceptors (Lipinski definition) is 2. The maximum absolute atomic E-state index is 4.80. The summed E-state index contributed by atoms with van der Waals surface area (Å²) in [5.74, 6) is 3.76. The molecule has 2 N–H and O–H groups in total. The van der Waals surface area contributed by atoms with Gasteiger partial charge in [-0.1, -0.05) is 30.3 Å². The van der Waals surface area contributed by atoms with Crippen LogP contribution in [0.1, 0.15) is 37.7 Å². The van der Waals surface area contributed by atoms with Crippen LogP contribution in [0.25, 0.3) is 0 Å². The average Bonchev–Trinajstić information content (AvgIpc) is 3.15. The molecule has 3 rings (SSSR count). The summed E-state index contributed by atoms with van der Waals surface area (Å²) in [5, 5.41) is 7.66. The molecular weight excluding hydrogens is 290 g/mol. The molecule has 1 aromatic rings. The van der Waals surface area contributed by atoms with Crippen molar-refractivity contribution in [3.8, 4) is 0 Å². The maximum Gasteiger partial charge on any atom is 0.191 e. The molecule has 1 aliphatic heterocycles. The minimum atomic E-state index is 0.721. The van der Waals surface area contributed by atoms with Gasteiger partial charge in [0.05, 0.1) is 0 Å². The molecule has 2 aliphatic rings. The minimum absolute atomic E-state index is 0.721. The highest BCUT2D eigenvalue weighted by molar-refractivity contribution is 8.00. The number of guanidine groups is 1. The van der Waals surface area contributed by atoms with Gasteiger partial charge in [-0.3, -0.25) is 4.99 Å². The van der Waals surface area contributed by atoms with Crippen molar-refractivity contribution in [2.24, 2.45) is 10.9 Å². The maximum atomic E-state index is 4.80. The summed E-state index contributed by atoms with van der Waals surface area (Å²) in [6.45, 7) is 5.04. The fraction of sp³-hybridized carbons (Fsp3) is 0.611. The quantitative estimate of drug-likeness (QED) is 0.625. The Morgan fingerprint density at radius 3 is 2.86 bits per heavy atom. The van der Waals surface area contributed by atoms with Crippen molar-refractivity contribution >= 4 is 17.7 Å². The van der Waals surface area contributed by atoms with Crippen LogP contribution in [0.5, 0.6) is 0 Å². The second kappa shape index (κ2) is 7.91. The number of thioether (sulfide) groups is 1. The van der Waals surface area contributed by atoms with E-state index in [2.05, 4.69) is 59.7 Å². The number of nitrogens with one attached hydrogen (secondary N) is 2. The van der Waals surface area contributed by atoms with Crippen molar-refractivity contribution in [1.29, 1.82) is 0 Å². The van der Waals surface area contributed by atoms with Crippen LogP contribution in [0, 0.1) is 5.92 Å². The van der Waals surface area contributed by atoms with Crippen molar-refractivity contribution in [3.63, 3.8) is 0 Å². The highest BCUT2D eigenvalue weighted by atomic mass is 32.2. The SMILES string of the molecule is CCNC(=NCC1CC1c1ccccc1)NCC1CCCS1. The van der Waals surface area contributed by atoms with E-state index >= 15 is 0 Å². The Labute approximate surface area is 138 Å². The van der Waals surface area contributed by atoms with E-state index in [0.717, 1.165) is 42.7 Å². The molecule has 1 heterocycles. The zero-order valence-electron chi connectivity index (χ0n) is 13.4. The van der Waals surface area contributed by atoms with Gasteiger partial charge in [-0.15, -0.1) is 0 Å².